The number of nitrogens with zero attached hydrogens (tertiary/aromatic N) is 2. The summed E-state index contributed by atoms with van der Waals surface area (Å²) in [5.74, 6) is 0.874. The summed E-state index contributed by atoms with van der Waals surface area (Å²) in [7, 11) is -3.42. The van der Waals surface area contributed by atoms with Crippen LogP contribution in [0.15, 0.2) is 23.2 Å². The second-order valence-corrected chi connectivity index (χ2v) is 6.54. The first-order valence-corrected chi connectivity index (χ1v) is 7.68. The second kappa shape index (κ2) is 5.24. The highest BCUT2D eigenvalue weighted by Gasteiger charge is 2.32. The third-order valence-corrected chi connectivity index (χ3v) is 5.02. The van der Waals surface area contributed by atoms with Crippen LogP contribution in [0.1, 0.15) is 20.3 Å². The molecule has 0 spiro atoms. The van der Waals surface area contributed by atoms with Crippen LogP contribution in [0.3, 0.4) is 0 Å². The molecule has 1 aliphatic heterocycles. The molecule has 6 heteroatoms. The molecule has 0 radical (unpaired) electrons. The number of hydrogen-bond donors (Lipinski definition) is 1. The zero-order valence-corrected chi connectivity index (χ0v) is 11.6. The molecule has 0 saturated carbocycles. The Kier molecular flexibility index (Phi) is 3.87. The lowest BCUT2D eigenvalue weighted by atomic mass is 10.2. The standard InChI is InChI=1S/C12H19N3O2S/c1-3-13-12-11(5-4-7-14-12)18(16,17)15-8-6-10(2)9-15/h4-5,7,10H,3,6,8-9H2,1-2H3,(H,13,14). The molecule has 2 heterocycles. The van der Waals surface area contributed by atoms with Crippen molar-refractivity contribution in [3.63, 3.8) is 0 Å². The Balaban J connectivity index is 2.35. The molecule has 1 aromatic heterocycles. The predicted octanol–water partition coefficient (Wildman–Crippen LogP) is 1.54. The molecule has 0 amide bonds. The maximum absolute atomic E-state index is 12.5. The van der Waals surface area contributed by atoms with E-state index in [-0.39, 0.29) is 4.90 Å². The fourth-order valence-corrected chi connectivity index (χ4v) is 3.85. The molecule has 0 aliphatic carbocycles. The smallest absolute Gasteiger partial charge is 0.246 e. The Morgan fingerprint density at radius 3 is 2.94 bits per heavy atom. The maximum Gasteiger partial charge on any atom is 0.246 e. The van der Waals surface area contributed by atoms with Crippen LogP contribution in [0, 0.1) is 5.92 Å². The van der Waals surface area contributed by atoms with Gasteiger partial charge in [-0.25, -0.2) is 13.4 Å². The second-order valence-electron chi connectivity index (χ2n) is 4.64. The Morgan fingerprint density at radius 2 is 2.33 bits per heavy atom. The van der Waals surface area contributed by atoms with Crippen LogP contribution in [-0.2, 0) is 10.0 Å². The van der Waals surface area contributed by atoms with E-state index < -0.39 is 10.0 Å². The van der Waals surface area contributed by atoms with Gasteiger partial charge in [-0.3, -0.25) is 0 Å². The van der Waals surface area contributed by atoms with Gasteiger partial charge in [-0.1, -0.05) is 6.92 Å². The average Bonchev–Trinajstić information content (AvgIpc) is 2.78. The van der Waals surface area contributed by atoms with E-state index in [9.17, 15) is 8.42 Å². The molecule has 100 valence electrons. The Labute approximate surface area is 108 Å². The topological polar surface area (TPSA) is 62.3 Å². The van der Waals surface area contributed by atoms with Crippen molar-refractivity contribution in [2.75, 3.05) is 25.0 Å². The van der Waals surface area contributed by atoms with E-state index in [1.807, 2.05) is 6.92 Å². The number of rotatable bonds is 4. The number of sulfonamides is 1. The van der Waals surface area contributed by atoms with E-state index in [2.05, 4.69) is 17.2 Å². The van der Waals surface area contributed by atoms with Gasteiger partial charge in [0.25, 0.3) is 0 Å². The molecule has 1 atom stereocenters. The summed E-state index contributed by atoms with van der Waals surface area (Å²) in [6.07, 6.45) is 2.53. The van der Waals surface area contributed by atoms with Gasteiger partial charge in [0.05, 0.1) is 0 Å². The van der Waals surface area contributed by atoms with E-state index in [4.69, 9.17) is 0 Å². The number of pyridine rings is 1. The van der Waals surface area contributed by atoms with Gasteiger partial charge in [-0.05, 0) is 31.4 Å². The Morgan fingerprint density at radius 1 is 1.56 bits per heavy atom. The van der Waals surface area contributed by atoms with Gasteiger partial charge in [-0.2, -0.15) is 4.31 Å². The van der Waals surface area contributed by atoms with E-state index in [0.717, 1.165) is 6.42 Å². The quantitative estimate of drug-likeness (QED) is 0.900. The molecule has 1 N–H and O–H groups in total. The summed E-state index contributed by atoms with van der Waals surface area (Å²) in [6, 6.07) is 3.27. The molecule has 1 fully saturated rings. The van der Waals surface area contributed by atoms with Crippen molar-refractivity contribution in [3.05, 3.63) is 18.3 Å². The van der Waals surface area contributed by atoms with Gasteiger partial charge in [0.1, 0.15) is 10.7 Å². The number of anilines is 1. The lowest BCUT2D eigenvalue weighted by Gasteiger charge is -2.18. The molecular formula is C12H19N3O2S. The van der Waals surface area contributed by atoms with Gasteiger partial charge in [0.15, 0.2) is 0 Å². The largest absolute Gasteiger partial charge is 0.369 e. The summed E-state index contributed by atoms with van der Waals surface area (Å²) >= 11 is 0. The zero-order chi connectivity index (χ0) is 13.2. The van der Waals surface area contributed by atoms with Crippen LogP contribution in [0.25, 0.3) is 0 Å². The van der Waals surface area contributed by atoms with E-state index >= 15 is 0 Å². The van der Waals surface area contributed by atoms with Crippen LogP contribution < -0.4 is 5.32 Å². The minimum absolute atomic E-state index is 0.279. The van der Waals surface area contributed by atoms with Gasteiger partial charge in [-0.15, -0.1) is 0 Å². The third kappa shape index (κ3) is 2.49. The molecule has 5 nitrogen and oxygen atoms in total. The lowest BCUT2D eigenvalue weighted by Crippen LogP contribution is -2.29. The van der Waals surface area contributed by atoms with E-state index in [0.29, 0.717) is 31.4 Å². The SMILES string of the molecule is CCNc1ncccc1S(=O)(=O)N1CCC(C)C1. The number of hydrogen-bond acceptors (Lipinski definition) is 4. The van der Waals surface area contributed by atoms with Crippen LogP contribution in [0.4, 0.5) is 5.82 Å². The molecule has 18 heavy (non-hydrogen) atoms. The highest BCUT2D eigenvalue weighted by Crippen LogP contribution is 2.27. The third-order valence-electron chi connectivity index (χ3n) is 3.12. The van der Waals surface area contributed by atoms with Crippen molar-refractivity contribution in [2.24, 2.45) is 5.92 Å². The van der Waals surface area contributed by atoms with Gasteiger partial charge in [0, 0.05) is 25.8 Å². The van der Waals surface area contributed by atoms with Crippen molar-refractivity contribution < 1.29 is 8.42 Å². The average molecular weight is 269 g/mol. The molecule has 0 aromatic carbocycles. The number of aromatic nitrogens is 1. The normalized spacial score (nSPS) is 21.1. The minimum atomic E-state index is -3.42. The first kappa shape index (κ1) is 13.3. The highest BCUT2D eigenvalue weighted by molar-refractivity contribution is 7.89. The molecule has 0 bridgehead atoms. The van der Waals surface area contributed by atoms with Gasteiger partial charge >= 0.3 is 0 Å². The number of nitrogens with one attached hydrogen (secondary N) is 1. The molecule has 1 aliphatic rings. The summed E-state index contributed by atoms with van der Waals surface area (Å²) in [6.45, 7) is 5.84. The highest BCUT2D eigenvalue weighted by atomic mass is 32.2. The van der Waals surface area contributed by atoms with Crippen LogP contribution in [-0.4, -0.2) is 37.3 Å². The fraction of sp³-hybridized carbons (Fsp3) is 0.583. The fourth-order valence-electron chi connectivity index (χ4n) is 2.15. The monoisotopic (exact) mass is 269 g/mol. The Hall–Kier alpha value is -1.14. The van der Waals surface area contributed by atoms with Crippen molar-refractivity contribution in [2.45, 2.75) is 25.2 Å². The van der Waals surface area contributed by atoms with E-state index in [1.165, 1.54) is 0 Å². The molecule has 1 aromatic rings. The molecule has 1 saturated heterocycles. The summed E-state index contributed by atoms with van der Waals surface area (Å²) in [5, 5.41) is 3.00. The summed E-state index contributed by atoms with van der Waals surface area (Å²) in [4.78, 5) is 4.39. The van der Waals surface area contributed by atoms with E-state index in [1.54, 1.807) is 22.6 Å². The van der Waals surface area contributed by atoms with Crippen molar-refractivity contribution in [1.29, 1.82) is 0 Å². The van der Waals surface area contributed by atoms with Crippen LogP contribution in [0.2, 0.25) is 0 Å². The lowest BCUT2D eigenvalue weighted by molar-refractivity contribution is 0.464. The zero-order valence-electron chi connectivity index (χ0n) is 10.8. The van der Waals surface area contributed by atoms with Gasteiger partial charge < -0.3 is 5.32 Å². The first-order chi connectivity index (χ1) is 8.55. The first-order valence-electron chi connectivity index (χ1n) is 6.24. The van der Waals surface area contributed by atoms with Gasteiger partial charge in [0.2, 0.25) is 10.0 Å². The summed E-state index contributed by atoms with van der Waals surface area (Å²) < 4.78 is 26.6. The molecule has 2 rings (SSSR count). The minimum Gasteiger partial charge on any atom is -0.369 e. The summed E-state index contributed by atoms with van der Waals surface area (Å²) in [5.41, 5.74) is 0. The van der Waals surface area contributed by atoms with Crippen LogP contribution in [0.5, 0.6) is 0 Å². The van der Waals surface area contributed by atoms with Crippen LogP contribution >= 0.6 is 0 Å². The predicted molar refractivity (Wildman–Crippen MR) is 70.9 cm³/mol. The maximum atomic E-state index is 12.5. The van der Waals surface area contributed by atoms with Crippen molar-refractivity contribution in [1.82, 2.24) is 9.29 Å². The molecule has 1 unspecified atom stereocenters. The van der Waals surface area contributed by atoms with Crippen molar-refractivity contribution >= 4 is 15.8 Å². The van der Waals surface area contributed by atoms with Crippen molar-refractivity contribution in [3.8, 4) is 0 Å². The Bertz CT molecular complexity index is 516. The molecular weight excluding hydrogens is 250 g/mol.